The average molecular weight is 456 g/mol. The van der Waals surface area contributed by atoms with Gasteiger partial charge in [-0.05, 0) is 60.6 Å². The molecule has 4 aromatic rings. The topological polar surface area (TPSA) is 108 Å². The molecule has 1 atom stereocenters. The van der Waals surface area contributed by atoms with Crippen molar-refractivity contribution in [2.24, 2.45) is 5.41 Å². The second-order valence-electron chi connectivity index (χ2n) is 9.30. The van der Waals surface area contributed by atoms with Gasteiger partial charge in [-0.1, -0.05) is 6.58 Å². The van der Waals surface area contributed by atoms with E-state index in [0.29, 0.717) is 19.5 Å². The molecular formula is C25H25N7O2. The molecule has 9 nitrogen and oxygen atoms in total. The summed E-state index contributed by atoms with van der Waals surface area (Å²) in [5.41, 5.74) is 4.85. The van der Waals surface area contributed by atoms with E-state index >= 15 is 0 Å². The molecule has 4 aromatic heterocycles. The van der Waals surface area contributed by atoms with Crippen LogP contribution in [0.3, 0.4) is 0 Å². The van der Waals surface area contributed by atoms with Crippen LogP contribution in [0.4, 0.5) is 0 Å². The number of likely N-dealkylation sites (tertiary alicyclic amines) is 1. The highest BCUT2D eigenvalue weighted by molar-refractivity contribution is 5.97. The number of hydrogen-bond donors (Lipinski definition) is 2. The van der Waals surface area contributed by atoms with Crippen molar-refractivity contribution in [1.82, 2.24) is 35.0 Å². The Hall–Kier alpha value is -4.01. The van der Waals surface area contributed by atoms with Crippen LogP contribution in [0, 0.1) is 5.41 Å². The summed E-state index contributed by atoms with van der Waals surface area (Å²) in [6.45, 7) is 4.72. The molecular weight excluding hydrogens is 430 g/mol. The van der Waals surface area contributed by atoms with Crippen molar-refractivity contribution in [1.29, 1.82) is 0 Å². The zero-order valence-corrected chi connectivity index (χ0v) is 18.7. The molecule has 172 valence electrons. The molecule has 1 aliphatic heterocycles. The minimum atomic E-state index is -0.409. The summed E-state index contributed by atoms with van der Waals surface area (Å²) in [6.07, 6.45) is 10.1. The molecule has 0 radical (unpaired) electrons. The van der Waals surface area contributed by atoms with E-state index in [4.69, 9.17) is 0 Å². The molecule has 34 heavy (non-hydrogen) atoms. The lowest BCUT2D eigenvalue weighted by atomic mass is 10.0. The number of rotatable bonds is 6. The number of aromatic nitrogens is 5. The van der Waals surface area contributed by atoms with Gasteiger partial charge in [0.05, 0.1) is 11.7 Å². The Morgan fingerprint density at radius 2 is 2.12 bits per heavy atom. The SMILES string of the molecule is C=CC(=O)N1CC2(CC2)CC1C(=O)NCCc1cc2c(-c3cnn4ncccc34)ccnc2[nH]1. The summed E-state index contributed by atoms with van der Waals surface area (Å²) in [6, 6.07) is 7.52. The predicted octanol–water partition coefficient (Wildman–Crippen LogP) is 2.50. The Balaban J connectivity index is 1.17. The van der Waals surface area contributed by atoms with Gasteiger partial charge in [0, 0.05) is 48.5 Å². The van der Waals surface area contributed by atoms with E-state index in [-0.39, 0.29) is 17.2 Å². The van der Waals surface area contributed by atoms with Crippen LogP contribution >= 0.6 is 0 Å². The second-order valence-corrected chi connectivity index (χ2v) is 9.30. The number of carbonyl (C=O) groups excluding carboxylic acids is 2. The Kier molecular flexibility index (Phi) is 4.72. The maximum absolute atomic E-state index is 12.9. The Labute approximate surface area is 195 Å². The van der Waals surface area contributed by atoms with E-state index < -0.39 is 6.04 Å². The number of hydrogen-bond acceptors (Lipinski definition) is 5. The number of pyridine rings is 1. The van der Waals surface area contributed by atoms with E-state index in [1.807, 2.05) is 24.4 Å². The number of fused-ring (bicyclic) bond motifs is 2. The number of carbonyl (C=O) groups is 2. The van der Waals surface area contributed by atoms with Gasteiger partial charge in [-0.15, -0.1) is 0 Å². The number of nitrogens with zero attached hydrogens (tertiary/aromatic N) is 5. The monoisotopic (exact) mass is 455 g/mol. The highest BCUT2D eigenvalue weighted by Crippen LogP contribution is 2.54. The van der Waals surface area contributed by atoms with Crippen LogP contribution in [0.25, 0.3) is 27.7 Å². The highest BCUT2D eigenvalue weighted by atomic mass is 16.2. The van der Waals surface area contributed by atoms with Crippen LogP contribution in [0.2, 0.25) is 0 Å². The first kappa shape index (κ1) is 20.6. The summed E-state index contributed by atoms with van der Waals surface area (Å²) in [7, 11) is 0. The Bertz CT molecular complexity index is 1430. The van der Waals surface area contributed by atoms with Gasteiger partial charge in [-0.2, -0.15) is 14.8 Å². The summed E-state index contributed by atoms with van der Waals surface area (Å²) < 4.78 is 1.61. The smallest absolute Gasteiger partial charge is 0.246 e. The summed E-state index contributed by atoms with van der Waals surface area (Å²) in [5.74, 6) is -0.256. The molecule has 1 saturated heterocycles. The third-order valence-electron chi connectivity index (χ3n) is 7.10. The van der Waals surface area contributed by atoms with Crippen LogP contribution in [0.1, 0.15) is 25.0 Å². The van der Waals surface area contributed by atoms with Gasteiger partial charge < -0.3 is 15.2 Å². The lowest BCUT2D eigenvalue weighted by Crippen LogP contribution is -2.45. The van der Waals surface area contributed by atoms with Crippen molar-refractivity contribution < 1.29 is 9.59 Å². The fourth-order valence-electron chi connectivity index (χ4n) is 5.11. The molecule has 2 aliphatic rings. The molecule has 5 heterocycles. The minimum absolute atomic E-state index is 0.0900. The number of aromatic amines is 1. The normalized spacial score (nSPS) is 18.6. The zero-order valence-electron chi connectivity index (χ0n) is 18.7. The van der Waals surface area contributed by atoms with Crippen molar-refractivity contribution in [3.63, 3.8) is 0 Å². The van der Waals surface area contributed by atoms with E-state index in [1.165, 1.54) is 6.08 Å². The largest absolute Gasteiger partial charge is 0.354 e. The fourth-order valence-corrected chi connectivity index (χ4v) is 5.11. The van der Waals surface area contributed by atoms with Gasteiger partial charge >= 0.3 is 0 Å². The Morgan fingerprint density at radius 3 is 2.94 bits per heavy atom. The number of H-pyrrole nitrogens is 1. The maximum atomic E-state index is 12.9. The summed E-state index contributed by atoms with van der Waals surface area (Å²) in [4.78, 5) is 34.7. The van der Waals surface area contributed by atoms with E-state index in [0.717, 1.165) is 52.6 Å². The number of nitrogens with one attached hydrogen (secondary N) is 2. The molecule has 1 aliphatic carbocycles. The van der Waals surface area contributed by atoms with Crippen LogP contribution in [-0.2, 0) is 16.0 Å². The standard InChI is InChI=1S/C25H25N7O2/c1-2-22(33)31-15-25(7-8-25)13-21(31)24(34)27-10-5-16-12-18-17(6-11-26-23(18)30-16)19-14-29-32-20(19)4-3-9-28-32/h2-4,6,9,11-12,14,21H,1,5,7-8,10,13,15H2,(H,26,30)(H,27,34). The molecule has 1 saturated carbocycles. The first-order valence-corrected chi connectivity index (χ1v) is 11.5. The Morgan fingerprint density at radius 1 is 1.24 bits per heavy atom. The van der Waals surface area contributed by atoms with Crippen molar-refractivity contribution in [2.45, 2.75) is 31.7 Å². The first-order chi connectivity index (χ1) is 16.6. The molecule has 2 N–H and O–H groups in total. The predicted molar refractivity (Wildman–Crippen MR) is 127 cm³/mol. The van der Waals surface area contributed by atoms with Gasteiger partial charge in [0.2, 0.25) is 11.8 Å². The van der Waals surface area contributed by atoms with Crippen LogP contribution in [0.15, 0.2) is 55.5 Å². The number of amides is 2. The molecule has 2 amide bonds. The van der Waals surface area contributed by atoms with Gasteiger partial charge in [0.1, 0.15) is 11.7 Å². The van der Waals surface area contributed by atoms with Crippen molar-refractivity contribution >= 4 is 28.4 Å². The van der Waals surface area contributed by atoms with Gasteiger partial charge in [0.25, 0.3) is 0 Å². The molecule has 9 heteroatoms. The highest BCUT2D eigenvalue weighted by Gasteiger charge is 2.54. The average Bonchev–Trinajstić information content (AvgIpc) is 3.18. The lowest BCUT2D eigenvalue weighted by Gasteiger charge is -2.22. The van der Waals surface area contributed by atoms with Gasteiger partial charge in [-0.3, -0.25) is 9.59 Å². The van der Waals surface area contributed by atoms with E-state index in [2.05, 4.69) is 38.1 Å². The molecule has 2 fully saturated rings. The lowest BCUT2D eigenvalue weighted by molar-refractivity contribution is -0.135. The minimum Gasteiger partial charge on any atom is -0.354 e. The molecule has 0 aromatic carbocycles. The quantitative estimate of drug-likeness (QED) is 0.434. The van der Waals surface area contributed by atoms with Crippen molar-refractivity contribution in [3.8, 4) is 11.1 Å². The van der Waals surface area contributed by atoms with Gasteiger partial charge in [0.15, 0.2) is 0 Å². The van der Waals surface area contributed by atoms with Crippen LogP contribution in [0.5, 0.6) is 0 Å². The van der Waals surface area contributed by atoms with E-state index in [1.54, 1.807) is 21.9 Å². The zero-order chi connectivity index (χ0) is 23.3. The third kappa shape index (κ3) is 3.44. The summed E-state index contributed by atoms with van der Waals surface area (Å²) in [5, 5.41) is 12.6. The maximum Gasteiger partial charge on any atom is 0.246 e. The molecule has 1 spiro atoms. The second kappa shape index (κ2) is 7.79. The third-order valence-corrected chi connectivity index (χ3v) is 7.10. The molecule has 1 unspecified atom stereocenters. The van der Waals surface area contributed by atoms with Crippen molar-refractivity contribution in [3.05, 3.63) is 61.2 Å². The van der Waals surface area contributed by atoms with E-state index in [9.17, 15) is 9.59 Å². The first-order valence-electron chi connectivity index (χ1n) is 11.5. The summed E-state index contributed by atoms with van der Waals surface area (Å²) >= 11 is 0. The van der Waals surface area contributed by atoms with Gasteiger partial charge in [-0.25, -0.2) is 4.98 Å². The van der Waals surface area contributed by atoms with Crippen LogP contribution < -0.4 is 5.32 Å². The fraction of sp³-hybridized carbons (Fsp3) is 0.320. The molecule has 0 bridgehead atoms. The van der Waals surface area contributed by atoms with Crippen LogP contribution in [-0.4, -0.2) is 60.6 Å². The molecule has 6 rings (SSSR count). The van der Waals surface area contributed by atoms with Crippen molar-refractivity contribution in [2.75, 3.05) is 13.1 Å².